The molecule has 0 amide bonds. The lowest BCUT2D eigenvalue weighted by molar-refractivity contribution is 0.112. The smallest absolute Gasteiger partial charge is 0.123 e. The van der Waals surface area contributed by atoms with Gasteiger partial charge in [-0.1, -0.05) is 36.5 Å². The molecule has 1 N–H and O–H groups in total. The molecular weight excluding hydrogens is 348 g/mol. The molecule has 4 nitrogen and oxygen atoms in total. The summed E-state index contributed by atoms with van der Waals surface area (Å²) in [5.41, 5.74) is 1.45. The van der Waals surface area contributed by atoms with Crippen LogP contribution in [0.1, 0.15) is 49.8 Å². The molecule has 0 saturated carbocycles. The lowest BCUT2D eigenvalue weighted by Crippen LogP contribution is -2.34. The van der Waals surface area contributed by atoms with Crippen molar-refractivity contribution < 1.29 is 9.84 Å². The number of nitrogens with zero attached hydrogens (tertiary/aromatic N) is 2. The maximum absolute atomic E-state index is 10.7. The van der Waals surface area contributed by atoms with E-state index in [0.717, 1.165) is 25.1 Å². The van der Waals surface area contributed by atoms with E-state index in [9.17, 15) is 5.11 Å². The molecule has 28 heavy (non-hydrogen) atoms. The summed E-state index contributed by atoms with van der Waals surface area (Å²) in [4.78, 5) is 6.68. The molecule has 1 aromatic carbocycles. The van der Waals surface area contributed by atoms with Gasteiger partial charge in [0.2, 0.25) is 0 Å². The Morgan fingerprint density at radius 3 is 2.79 bits per heavy atom. The molecule has 1 aromatic heterocycles. The minimum Gasteiger partial charge on any atom is -0.497 e. The van der Waals surface area contributed by atoms with E-state index in [1.807, 2.05) is 42.7 Å². The number of aliphatic hydroxyl groups is 1. The quantitative estimate of drug-likeness (QED) is 0.772. The number of ether oxygens (including phenoxy) is 1. The molecule has 2 heterocycles. The van der Waals surface area contributed by atoms with Crippen molar-refractivity contribution in [1.29, 1.82) is 0 Å². The molecule has 2 aromatic rings. The average molecular weight is 379 g/mol. The summed E-state index contributed by atoms with van der Waals surface area (Å²) in [6.45, 7) is 3.53. The van der Waals surface area contributed by atoms with E-state index in [-0.39, 0.29) is 0 Å². The van der Waals surface area contributed by atoms with Crippen molar-refractivity contribution in [3.05, 3.63) is 59.9 Å². The fourth-order valence-corrected chi connectivity index (χ4v) is 3.70. The second-order valence-corrected chi connectivity index (χ2v) is 7.69. The van der Waals surface area contributed by atoms with Crippen LogP contribution in [0.2, 0.25) is 0 Å². The summed E-state index contributed by atoms with van der Waals surface area (Å²) in [6, 6.07) is 12.5. The van der Waals surface area contributed by atoms with Gasteiger partial charge in [0, 0.05) is 18.4 Å². The van der Waals surface area contributed by atoms with E-state index in [0.29, 0.717) is 19.0 Å². The number of hydrogen-bond donors (Lipinski definition) is 1. The lowest BCUT2D eigenvalue weighted by Gasteiger charge is -2.34. The van der Waals surface area contributed by atoms with Crippen molar-refractivity contribution >= 4 is 0 Å². The molecule has 0 spiro atoms. The molecule has 0 radical (unpaired) electrons. The van der Waals surface area contributed by atoms with Gasteiger partial charge in [0.1, 0.15) is 11.4 Å². The van der Waals surface area contributed by atoms with Gasteiger partial charge in [-0.25, -0.2) is 0 Å². The second kappa shape index (κ2) is 9.73. The number of likely N-dealkylation sites (tertiary alicyclic amines) is 1. The van der Waals surface area contributed by atoms with Crippen LogP contribution in [-0.2, 0) is 6.42 Å². The molecule has 0 unspecified atom stereocenters. The normalized spacial score (nSPS) is 19.3. The van der Waals surface area contributed by atoms with E-state index >= 15 is 0 Å². The van der Waals surface area contributed by atoms with Crippen LogP contribution in [0.3, 0.4) is 0 Å². The van der Waals surface area contributed by atoms with Crippen molar-refractivity contribution in [2.75, 3.05) is 20.2 Å². The van der Waals surface area contributed by atoms with Gasteiger partial charge in [-0.2, -0.15) is 0 Å². The van der Waals surface area contributed by atoms with Crippen molar-refractivity contribution in [2.45, 2.75) is 50.7 Å². The van der Waals surface area contributed by atoms with Crippen LogP contribution in [0, 0.1) is 11.8 Å². The zero-order chi connectivity index (χ0) is 19.8. The first-order chi connectivity index (χ1) is 13.6. The van der Waals surface area contributed by atoms with Crippen LogP contribution in [0.15, 0.2) is 48.8 Å². The third kappa shape index (κ3) is 5.82. The van der Waals surface area contributed by atoms with Crippen molar-refractivity contribution in [3.8, 4) is 17.6 Å². The highest BCUT2D eigenvalue weighted by molar-refractivity contribution is 5.27. The topological polar surface area (TPSA) is 45.6 Å². The fraction of sp³-hybridized carbons (Fsp3) is 0.458. The first-order valence-electron chi connectivity index (χ1n) is 10.1. The molecule has 1 aliphatic heterocycles. The number of hydrogen-bond acceptors (Lipinski definition) is 4. The first-order valence-corrected chi connectivity index (χ1v) is 10.1. The van der Waals surface area contributed by atoms with E-state index < -0.39 is 5.60 Å². The number of aromatic nitrogens is 1. The van der Waals surface area contributed by atoms with E-state index in [4.69, 9.17) is 4.74 Å². The first kappa shape index (κ1) is 20.4. The highest BCUT2D eigenvalue weighted by Gasteiger charge is 2.23. The van der Waals surface area contributed by atoms with Crippen LogP contribution in [0.4, 0.5) is 0 Å². The number of aryl methyl sites for hydroxylation is 1. The lowest BCUT2D eigenvalue weighted by atomic mass is 9.96. The largest absolute Gasteiger partial charge is 0.497 e. The monoisotopic (exact) mass is 378 g/mol. The van der Waals surface area contributed by atoms with Gasteiger partial charge >= 0.3 is 0 Å². The molecule has 1 saturated heterocycles. The van der Waals surface area contributed by atoms with Gasteiger partial charge in [0.05, 0.1) is 13.7 Å². The van der Waals surface area contributed by atoms with Crippen LogP contribution < -0.4 is 4.74 Å². The second-order valence-electron chi connectivity index (χ2n) is 7.69. The van der Waals surface area contributed by atoms with Gasteiger partial charge in [0.25, 0.3) is 0 Å². The van der Waals surface area contributed by atoms with E-state index in [1.54, 1.807) is 14.0 Å². The van der Waals surface area contributed by atoms with Crippen LogP contribution in [0.5, 0.6) is 5.75 Å². The summed E-state index contributed by atoms with van der Waals surface area (Å²) < 4.78 is 5.19. The van der Waals surface area contributed by atoms with Gasteiger partial charge < -0.3 is 9.84 Å². The van der Waals surface area contributed by atoms with Crippen molar-refractivity contribution in [1.82, 2.24) is 9.88 Å². The minimum atomic E-state index is -0.987. The molecule has 4 heteroatoms. The molecule has 0 bridgehead atoms. The Balaban J connectivity index is 1.56. The Kier molecular flexibility index (Phi) is 7.08. The molecule has 1 fully saturated rings. The standard InChI is InChI=1S/C24H30N2O2/c1-24(27,15-13-20-9-11-22(28-2)12-10-20)14-6-18-26-17-4-3-8-23(26)21-7-5-16-25-19-21/h5,7,9-12,16,19,23,27H,3-4,8,13,15,17-18H2,1-2H3/t23-,24-/m1/s1. The van der Waals surface area contributed by atoms with Gasteiger partial charge in [0.15, 0.2) is 0 Å². The van der Waals surface area contributed by atoms with Crippen LogP contribution in [0.25, 0.3) is 0 Å². The Morgan fingerprint density at radius 1 is 1.25 bits per heavy atom. The fourth-order valence-electron chi connectivity index (χ4n) is 3.70. The molecule has 3 rings (SSSR count). The molecule has 0 aliphatic carbocycles. The Bertz CT molecular complexity index is 791. The highest BCUT2D eigenvalue weighted by atomic mass is 16.5. The van der Waals surface area contributed by atoms with E-state index in [2.05, 4.69) is 27.8 Å². The summed E-state index contributed by atoms with van der Waals surface area (Å²) >= 11 is 0. The number of rotatable bonds is 6. The number of piperidine rings is 1. The molecule has 148 valence electrons. The Hall–Kier alpha value is -2.35. The highest BCUT2D eigenvalue weighted by Crippen LogP contribution is 2.29. The maximum atomic E-state index is 10.7. The predicted molar refractivity (Wildman–Crippen MR) is 112 cm³/mol. The molecular formula is C24H30N2O2. The number of methoxy groups -OCH3 is 1. The van der Waals surface area contributed by atoms with Crippen molar-refractivity contribution in [2.24, 2.45) is 0 Å². The number of pyridine rings is 1. The van der Waals surface area contributed by atoms with Gasteiger partial charge in [-0.3, -0.25) is 9.88 Å². The molecule has 2 atom stereocenters. The van der Waals surface area contributed by atoms with Crippen LogP contribution >= 0.6 is 0 Å². The predicted octanol–water partition coefficient (Wildman–Crippen LogP) is 4.00. The zero-order valence-electron chi connectivity index (χ0n) is 16.9. The summed E-state index contributed by atoms with van der Waals surface area (Å²) in [5, 5.41) is 10.7. The number of benzene rings is 1. The Labute approximate surface area is 168 Å². The molecule has 1 aliphatic rings. The summed E-state index contributed by atoms with van der Waals surface area (Å²) in [7, 11) is 1.66. The Morgan fingerprint density at radius 2 is 2.07 bits per heavy atom. The van der Waals surface area contributed by atoms with Gasteiger partial charge in [-0.05, 0) is 68.5 Å². The average Bonchev–Trinajstić information content (AvgIpc) is 2.73. The van der Waals surface area contributed by atoms with Gasteiger partial charge in [-0.15, -0.1) is 0 Å². The SMILES string of the molecule is COc1ccc(CC[C@](C)(O)C#CCN2CCCC[C@@H]2c2cccnc2)cc1. The van der Waals surface area contributed by atoms with Crippen molar-refractivity contribution in [3.63, 3.8) is 0 Å². The zero-order valence-corrected chi connectivity index (χ0v) is 16.9. The summed E-state index contributed by atoms with van der Waals surface area (Å²) in [5.74, 6) is 7.18. The minimum absolute atomic E-state index is 0.376. The summed E-state index contributed by atoms with van der Waals surface area (Å²) in [6.07, 6.45) is 8.75. The van der Waals surface area contributed by atoms with E-state index in [1.165, 1.54) is 24.0 Å². The maximum Gasteiger partial charge on any atom is 0.123 e. The third-order valence-corrected chi connectivity index (χ3v) is 5.38. The van der Waals surface area contributed by atoms with Crippen LogP contribution in [-0.4, -0.2) is 40.8 Å². The third-order valence-electron chi connectivity index (χ3n) is 5.38.